The van der Waals surface area contributed by atoms with Gasteiger partial charge in [-0.15, -0.1) is 0 Å². The minimum absolute atomic E-state index is 0. The third kappa shape index (κ3) is 5.37. The average Bonchev–Trinajstić information content (AvgIpc) is 3.34. The predicted molar refractivity (Wildman–Crippen MR) is 87.2 cm³/mol. The third-order valence-electron chi connectivity index (χ3n) is 3.08. The molecule has 0 bridgehead atoms. The van der Waals surface area contributed by atoms with Gasteiger partial charge in [0.1, 0.15) is 6.10 Å². The van der Waals surface area contributed by atoms with Gasteiger partial charge in [-0.25, -0.2) is 0 Å². The maximum absolute atomic E-state index is 9.33. The minimum Gasteiger partial charge on any atom is -0.388 e. The quantitative estimate of drug-likeness (QED) is 0.867. The zero-order chi connectivity index (χ0) is 13.5. The van der Waals surface area contributed by atoms with Crippen LogP contribution in [0.2, 0.25) is 0 Å². The molecular formula is C17H22O2S. The van der Waals surface area contributed by atoms with E-state index in [9.17, 15) is 5.11 Å². The molecule has 2 aromatic carbocycles. The Bertz CT molecular complexity index is 469. The molecule has 1 heterocycles. The van der Waals surface area contributed by atoms with Crippen molar-refractivity contribution in [2.45, 2.75) is 25.6 Å². The number of benzene rings is 2. The Morgan fingerprint density at radius 1 is 1.05 bits per heavy atom. The van der Waals surface area contributed by atoms with Gasteiger partial charge in [-0.2, -0.15) is 13.5 Å². The van der Waals surface area contributed by atoms with Gasteiger partial charge >= 0.3 is 0 Å². The molecule has 1 unspecified atom stereocenters. The summed E-state index contributed by atoms with van der Waals surface area (Å²) >= 11 is 0. The van der Waals surface area contributed by atoms with E-state index in [2.05, 4.69) is 12.1 Å². The van der Waals surface area contributed by atoms with Crippen molar-refractivity contribution >= 4 is 13.5 Å². The molecule has 2 atom stereocenters. The fourth-order valence-corrected chi connectivity index (χ4v) is 1.82. The number of hydrogen-bond donors (Lipinski definition) is 1. The highest BCUT2D eigenvalue weighted by Gasteiger charge is 2.23. The minimum atomic E-state index is -0.291. The fourth-order valence-electron chi connectivity index (χ4n) is 1.82. The Kier molecular flexibility index (Phi) is 7.37. The molecule has 1 N–H and O–H groups in total. The van der Waals surface area contributed by atoms with Crippen LogP contribution in [0.25, 0.3) is 0 Å². The lowest BCUT2D eigenvalue weighted by Crippen LogP contribution is -1.93. The lowest BCUT2D eigenvalue weighted by Gasteiger charge is -2.05. The molecule has 1 fully saturated rings. The SMILES string of the molecule is CC[C@@H](O)c1ccccc1.S.c1ccc(C2CO2)cc1. The molecule has 1 aliphatic heterocycles. The molecule has 0 amide bonds. The molecule has 20 heavy (non-hydrogen) atoms. The number of ether oxygens (including phenoxy) is 1. The van der Waals surface area contributed by atoms with Crippen molar-refractivity contribution in [3.05, 3.63) is 71.8 Å². The summed E-state index contributed by atoms with van der Waals surface area (Å²) < 4.78 is 5.09. The van der Waals surface area contributed by atoms with E-state index in [4.69, 9.17) is 4.74 Å². The summed E-state index contributed by atoms with van der Waals surface area (Å²) in [5, 5.41) is 9.33. The lowest BCUT2D eigenvalue weighted by atomic mass is 10.1. The number of hydrogen-bond acceptors (Lipinski definition) is 2. The predicted octanol–water partition coefficient (Wildman–Crippen LogP) is 4.00. The van der Waals surface area contributed by atoms with Crippen LogP contribution in [0.5, 0.6) is 0 Å². The van der Waals surface area contributed by atoms with Gasteiger partial charge in [0, 0.05) is 0 Å². The van der Waals surface area contributed by atoms with E-state index in [1.807, 2.05) is 55.5 Å². The summed E-state index contributed by atoms with van der Waals surface area (Å²) in [5.41, 5.74) is 2.31. The average molecular weight is 290 g/mol. The topological polar surface area (TPSA) is 32.8 Å². The first-order valence-corrected chi connectivity index (χ1v) is 6.70. The Morgan fingerprint density at radius 2 is 1.55 bits per heavy atom. The summed E-state index contributed by atoms with van der Waals surface area (Å²) in [7, 11) is 0. The summed E-state index contributed by atoms with van der Waals surface area (Å²) in [5.74, 6) is 0. The largest absolute Gasteiger partial charge is 0.388 e. The van der Waals surface area contributed by atoms with Crippen molar-refractivity contribution in [2.75, 3.05) is 6.61 Å². The Labute approximate surface area is 127 Å². The zero-order valence-electron chi connectivity index (χ0n) is 11.7. The second-order valence-corrected chi connectivity index (χ2v) is 4.57. The van der Waals surface area contributed by atoms with E-state index in [1.165, 1.54) is 5.56 Å². The molecule has 3 rings (SSSR count). The van der Waals surface area contributed by atoms with Gasteiger partial charge in [-0.05, 0) is 17.5 Å². The molecule has 0 aromatic heterocycles. The van der Waals surface area contributed by atoms with Crippen molar-refractivity contribution < 1.29 is 9.84 Å². The number of aliphatic hydroxyl groups is 1. The van der Waals surface area contributed by atoms with Gasteiger partial charge in [0.2, 0.25) is 0 Å². The van der Waals surface area contributed by atoms with Gasteiger partial charge < -0.3 is 9.84 Å². The number of epoxide rings is 1. The fraction of sp³-hybridized carbons (Fsp3) is 0.294. The summed E-state index contributed by atoms with van der Waals surface area (Å²) in [6.07, 6.45) is 0.900. The van der Waals surface area contributed by atoms with Crippen LogP contribution < -0.4 is 0 Å². The first-order chi connectivity index (χ1) is 9.31. The lowest BCUT2D eigenvalue weighted by molar-refractivity contribution is 0.173. The van der Waals surface area contributed by atoms with E-state index < -0.39 is 0 Å². The second kappa shape index (κ2) is 8.80. The first-order valence-electron chi connectivity index (χ1n) is 6.70. The molecule has 0 saturated carbocycles. The van der Waals surface area contributed by atoms with Crippen LogP contribution in [0, 0.1) is 0 Å². The van der Waals surface area contributed by atoms with Crippen LogP contribution in [-0.4, -0.2) is 11.7 Å². The summed E-state index contributed by atoms with van der Waals surface area (Å²) in [4.78, 5) is 0. The van der Waals surface area contributed by atoms with Crippen LogP contribution in [0.15, 0.2) is 60.7 Å². The van der Waals surface area contributed by atoms with Crippen molar-refractivity contribution in [1.29, 1.82) is 0 Å². The maximum atomic E-state index is 9.33. The van der Waals surface area contributed by atoms with Crippen LogP contribution in [0.3, 0.4) is 0 Å². The third-order valence-corrected chi connectivity index (χ3v) is 3.08. The molecule has 2 nitrogen and oxygen atoms in total. The van der Waals surface area contributed by atoms with E-state index in [0.717, 1.165) is 18.6 Å². The Hall–Kier alpha value is -1.29. The highest BCUT2D eigenvalue weighted by atomic mass is 32.1. The smallest absolute Gasteiger partial charge is 0.106 e. The van der Waals surface area contributed by atoms with Gasteiger partial charge in [-0.3, -0.25) is 0 Å². The molecule has 108 valence electrons. The van der Waals surface area contributed by atoms with Crippen LogP contribution >= 0.6 is 13.5 Å². The molecule has 0 spiro atoms. The van der Waals surface area contributed by atoms with Crippen LogP contribution in [0.1, 0.15) is 36.7 Å². The highest BCUT2D eigenvalue weighted by Crippen LogP contribution is 2.28. The van der Waals surface area contributed by atoms with Gasteiger partial charge in [0.25, 0.3) is 0 Å². The van der Waals surface area contributed by atoms with Gasteiger partial charge in [0.05, 0.1) is 12.7 Å². The second-order valence-electron chi connectivity index (χ2n) is 4.57. The first kappa shape index (κ1) is 16.8. The highest BCUT2D eigenvalue weighted by molar-refractivity contribution is 7.59. The van der Waals surface area contributed by atoms with E-state index in [0.29, 0.717) is 6.10 Å². The monoisotopic (exact) mass is 290 g/mol. The standard InChI is InChI=1S/C9H12O.C8H8O.H2S/c1-2-9(10)8-6-4-3-5-7-8;1-2-4-7(5-3-1)8-6-9-8;/h3-7,9-10H,2H2,1H3;1-5,8H,6H2;1H2/t9-;;/m1../s1. The molecule has 0 radical (unpaired) electrons. The van der Waals surface area contributed by atoms with E-state index >= 15 is 0 Å². The number of aliphatic hydroxyl groups excluding tert-OH is 1. The molecular weight excluding hydrogens is 268 g/mol. The van der Waals surface area contributed by atoms with Crippen molar-refractivity contribution in [2.24, 2.45) is 0 Å². The normalized spacial score (nSPS) is 17.2. The molecule has 0 aliphatic carbocycles. The van der Waals surface area contributed by atoms with Crippen molar-refractivity contribution in [1.82, 2.24) is 0 Å². The summed E-state index contributed by atoms with van der Waals surface area (Å²) in [6, 6.07) is 20.0. The van der Waals surface area contributed by atoms with Gasteiger partial charge in [-0.1, -0.05) is 67.6 Å². The molecule has 2 aromatic rings. The number of rotatable bonds is 3. The Balaban J connectivity index is 0.000000191. The molecule has 1 aliphatic rings. The maximum Gasteiger partial charge on any atom is 0.106 e. The van der Waals surface area contributed by atoms with Crippen molar-refractivity contribution in [3.63, 3.8) is 0 Å². The molecule has 1 saturated heterocycles. The van der Waals surface area contributed by atoms with Crippen LogP contribution in [0.4, 0.5) is 0 Å². The molecule has 3 heteroatoms. The van der Waals surface area contributed by atoms with E-state index in [-0.39, 0.29) is 19.6 Å². The van der Waals surface area contributed by atoms with Crippen molar-refractivity contribution in [3.8, 4) is 0 Å². The van der Waals surface area contributed by atoms with E-state index in [1.54, 1.807) is 0 Å². The summed E-state index contributed by atoms with van der Waals surface area (Å²) in [6.45, 7) is 2.88. The Morgan fingerprint density at radius 3 is 2.00 bits per heavy atom. The van der Waals surface area contributed by atoms with Gasteiger partial charge in [0.15, 0.2) is 0 Å². The zero-order valence-corrected chi connectivity index (χ0v) is 12.7. The van der Waals surface area contributed by atoms with Crippen LogP contribution in [-0.2, 0) is 4.74 Å².